The standard InChI is InChI=1S/C36H24N4/c1-36(2)26-13-5-3-10-22(26)30-31(36)33-25(12-8-19-38-33)29-23-11-4-6-14-27(23)40(35(29)30)28-17-20-39-34-24(28)16-15-21-9-7-18-37-32(21)34/h3-20H,1-2H3. The monoisotopic (exact) mass is 512 g/mol. The summed E-state index contributed by atoms with van der Waals surface area (Å²) in [6.45, 7) is 4.68. The highest BCUT2D eigenvalue weighted by Crippen LogP contribution is 2.55. The second-order valence-electron chi connectivity index (χ2n) is 11.3. The molecule has 8 aromatic rings. The van der Waals surface area contributed by atoms with Crippen LogP contribution in [0.2, 0.25) is 0 Å². The van der Waals surface area contributed by atoms with Gasteiger partial charge in [-0.05, 0) is 47.0 Å². The summed E-state index contributed by atoms with van der Waals surface area (Å²) in [5, 5.41) is 5.84. The average Bonchev–Trinajstić information content (AvgIpc) is 3.46. The number of hydrogen-bond acceptors (Lipinski definition) is 3. The molecular formula is C36H24N4. The van der Waals surface area contributed by atoms with Crippen LogP contribution in [0.25, 0.3) is 71.3 Å². The van der Waals surface area contributed by atoms with Crippen molar-refractivity contribution in [2.24, 2.45) is 0 Å². The molecule has 0 spiro atoms. The van der Waals surface area contributed by atoms with Crippen LogP contribution in [0.5, 0.6) is 0 Å². The zero-order valence-corrected chi connectivity index (χ0v) is 22.2. The molecule has 188 valence electrons. The van der Waals surface area contributed by atoms with Crippen LogP contribution >= 0.6 is 0 Å². The fourth-order valence-electron chi connectivity index (χ4n) is 7.23. The van der Waals surface area contributed by atoms with E-state index in [0.717, 1.165) is 33.0 Å². The zero-order valence-electron chi connectivity index (χ0n) is 22.2. The fourth-order valence-corrected chi connectivity index (χ4v) is 7.23. The van der Waals surface area contributed by atoms with Gasteiger partial charge in [0.2, 0.25) is 0 Å². The van der Waals surface area contributed by atoms with Crippen molar-refractivity contribution in [3.8, 4) is 16.8 Å². The van der Waals surface area contributed by atoms with Crippen molar-refractivity contribution in [2.75, 3.05) is 0 Å². The minimum Gasteiger partial charge on any atom is -0.308 e. The maximum atomic E-state index is 5.03. The lowest BCUT2D eigenvalue weighted by molar-refractivity contribution is 0.665. The largest absolute Gasteiger partial charge is 0.308 e. The van der Waals surface area contributed by atoms with Gasteiger partial charge in [-0.15, -0.1) is 0 Å². The predicted octanol–water partition coefficient (Wildman–Crippen LogP) is 8.73. The smallest absolute Gasteiger partial charge is 0.0985 e. The summed E-state index contributed by atoms with van der Waals surface area (Å²) in [6, 6.07) is 32.5. The molecule has 0 radical (unpaired) electrons. The van der Waals surface area contributed by atoms with Crippen molar-refractivity contribution < 1.29 is 0 Å². The number of nitrogens with zero attached hydrogens (tertiary/aromatic N) is 4. The molecular weight excluding hydrogens is 488 g/mol. The molecule has 1 aliphatic rings. The molecule has 0 aliphatic heterocycles. The van der Waals surface area contributed by atoms with E-state index in [0.29, 0.717) is 0 Å². The van der Waals surface area contributed by atoms with Gasteiger partial charge in [-0.25, -0.2) is 0 Å². The minimum absolute atomic E-state index is 0.186. The van der Waals surface area contributed by atoms with Crippen LogP contribution in [0.4, 0.5) is 0 Å². The zero-order chi connectivity index (χ0) is 26.6. The summed E-state index contributed by atoms with van der Waals surface area (Å²) in [5.41, 5.74) is 11.5. The Morgan fingerprint density at radius 2 is 1.35 bits per heavy atom. The van der Waals surface area contributed by atoms with E-state index in [-0.39, 0.29) is 5.41 Å². The van der Waals surface area contributed by atoms with Crippen molar-refractivity contribution in [3.05, 3.63) is 121 Å². The van der Waals surface area contributed by atoms with Crippen LogP contribution < -0.4 is 0 Å². The quantitative estimate of drug-likeness (QED) is 0.207. The van der Waals surface area contributed by atoms with E-state index < -0.39 is 0 Å². The van der Waals surface area contributed by atoms with Gasteiger partial charge >= 0.3 is 0 Å². The van der Waals surface area contributed by atoms with Gasteiger partial charge in [0, 0.05) is 56.5 Å². The first kappa shape index (κ1) is 21.8. The summed E-state index contributed by atoms with van der Waals surface area (Å²) in [7, 11) is 0. The highest BCUT2D eigenvalue weighted by molar-refractivity contribution is 6.27. The lowest BCUT2D eigenvalue weighted by Crippen LogP contribution is -2.16. The van der Waals surface area contributed by atoms with E-state index in [1.807, 2.05) is 24.7 Å². The Hall–Kier alpha value is -5.09. The van der Waals surface area contributed by atoms with Crippen LogP contribution in [-0.4, -0.2) is 19.5 Å². The Morgan fingerprint density at radius 3 is 2.27 bits per heavy atom. The molecule has 4 nitrogen and oxygen atoms in total. The third kappa shape index (κ3) is 2.58. The summed E-state index contributed by atoms with van der Waals surface area (Å²) in [4.78, 5) is 14.6. The topological polar surface area (TPSA) is 43.6 Å². The molecule has 0 bridgehead atoms. The van der Waals surface area contributed by atoms with Gasteiger partial charge in [-0.3, -0.25) is 15.0 Å². The van der Waals surface area contributed by atoms with Gasteiger partial charge in [0.1, 0.15) is 0 Å². The van der Waals surface area contributed by atoms with Gasteiger partial charge in [-0.1, -0.05) is 74.5 Å². The van der Waals surface area contributed by atoms with Gasteiger partial charge < -0.3 is 4.57 Å². The average molecular weight is 513 g/mol. The number of fused-ring (bicyclic) bond motifs is 13. The van der Waals surface area contributed by atoms with Gasteiger partial charge in [0.05, 0.1) is 33.3 Å². The van der Waals surface area contributed by atoms with Gasteiger partial charge in [0.15, 0.2) is 0 Å². The number of para-hydroxylation sites is 1. The molecule has 40 heavy (non-hydrogen) atoms. The molecule has 0 fully saturated rings. The number of rotatable bonds is 1. The number of pyridine rings is 3. The summed E-state index contributed by atoms with van der Waals surface area (Å²) < 4.78 is 2.47. The first-order chi connectivity index (χ1) is 19.6. The highest BCUT2D eigenvalue weighted by Gasteiger charge is 2.40. The molecule has 0 N–H and O–H groups in total. The summed E-state index contributed by atoms with van der Waals surface area (Å²) in [5.74, 6) is 0. The molecule has 4 aromatic carbocycles. The molecule has 1 aliphatic carbocycles. The lowest BCUT2D eigenvalue weighted by atomic mass is 9.81. The molecule has 0 saturated heterocycles. The Kier molecular flexibility index (Phi) is 4.10. The van der Waals surface area contributed by atoms with Crippen LogP contribution in [0, 0.1) is 0 Å². The SMILES string of the molecule is CC1(C)c2ccccc2-c2c1c1ncccc1c1c3ccccc3n(-c3ccnc4c3ccc3cccnc34)c21. The van der Waals surface area contributed by atoms with Crippen LogP contribution in [0.15, 0.2) is 110 Å². The van der Waals surface area contributed by atoms with Gasteiger partial charge in [-0.2, -0.15) is 0 Å². The van der Waals surface area contributed by atoms with E-state index in [1.165, 1.54) is 49.4 Å². The lowest BCUT2D eigenvalue weighted by Gasteiger charge is -2.23. The number of aromatic nitrogens is 4. The summed E-state index contributed by atoms with van der Waals surface area (Å²) >= 11 is 0. The highest BCUT2D eigenvalue weighted by atomic mass is 15.0. The second-order valence-corrected chi connectivity index (χ2v) is 11.3. The van der Waals surface area contributed by atoms with E-state index in [2.05, 4.69) is 103 Å². The first-order valence-corrected chi connectivity index (χ1v) is 13.7. The van der Waals surface area contributed by atoms with Crippen molar-refractivity contribution in [3.63, 3.8) is 0 Å². The van der Waals surface area contributed by atoms with Crippen molar-refractivity contribution in [1.82, 2.24) is 19.5 Å². The molecule has 0 amide bonds. The van der Waals surface area contributed by atoms with E-state index in [1.54, 1.807) is 0 Å². The minimum atomic E-state index is -0.186. The van der Waals surface area contributed by atoms with Crippen molar-refractivity contribution in [1.29, 1.82) is 0 Å². The Labute approximate surface area is 230 Å². The third-order valence-corrected chi connectivity index (χ3v) is 8.87. The molecule has 4 aromatic heterocycles. The maximum absolute atomic E-state index is 5.03. The molecule has 0 atom stereocenters. The maximum Gasteiger partial charge on any atom is 0.0985 e. The van der Waals surface area contributed by atoms with E-state index >= 15 is 0 Å². The molecule has 9 rings (SSSR count). The fraction of sp³-hybridized carbons (Fsp3) is 0.0833. The van der Waals surface area contributed by atoms with Crippen molar-refractivity contribution >= 4 is 54.5 Å². The molecule has 4 heteroatoms. The van der Waals surface area contributed by atoms with E-state index in [9.17, 15) is 0 Å². The number of hydrogen-bond donors (Lipinski definition) is 0. The molecule has 0 unspecified atom stereocenters. The van der Waals surface area contributed by atoms with Crippen LogP contribution in [0.3, 0.4) is 0 Å². The Bertz CT molecular complexity index is 2360. The third-order valence-electron chi connectivity index (χ3n) is 8.87. The first-order valence-electron chi connectivity index (χ1n) is 13.7. The van der Waals surface area contributed by atoms with Crippen LogP contribution in [-0.2, 0) is 5.41 Å². The Balaban J connectivity index is 1.58. The molecule has 4 heterocycles. The Morgan fingerprint density at radius 1 is 0.600 bits per heavy atom. The van der Waals surface area contributed by atoms with E-state index in [4.69, 9.17) is 15.0 Å². The summed E-state index contributed by atoms with van der Waals surface area (Å²) in [6.07, 6.45) is 5.70. The van der Waals surface area contributed by atoms with Gasteiger partial charge in [0.25, 0.3) is 0 Å². The normalized spacial score (nSPS) is 13.9. The van der Waals surface area contributed by atoms with Crippen LogP contribution in [0.1, 0.15) is 25.0 Å². The molecule has 0 saturated carbocycles. The predicted molar refractivity (Wildman–Crippen MR) is 164 cm³/mol. The number of benzene rings is 4. The van der Waals surface area contributed by atoms with Crippen molar-refractivity contribution in [2.45, 2.75) is 19.3 Å². The second kappa shape index (κ2) is 7.51.